The molecule has 1 aliphatic rings. The second-order valence-corrected chi connectivity index (χ2v) is 6.17. The van der Waals surface area contributed by atoms with E-state index in [0.717, 1.165) is 12.1 Å². The van der Waals surface area contributed by atoms with Gasteiger partial charge >= 0.3 is 0 Å². The van der Waals surface area contributed by atoms with E-state index in [-0.39, 0.29) is 12.5 Å². The quantitative estimate of drug-likeness (QED) is 0.466. The van der Waals surface area contributed by atoms with Crippen molar-refractivity contribution in [3.05, 3.63) is 60.3 Å². The van der Waals surface area contributed by atoms with Crippen molar-refractivity contribution in [3.63, 3.8) is 0 Å². The highest BCUT2D eigenvalue weighted by molar-refractivity contribution is 5.96. The third kappa shape index (κ3) is 6.60. The highest BCUT2D eigenvalue weighted by Crippen LogP contribution is 2.29. The molecule has 1 aliphatic heterocycles. The molecule has 0 fully saturated rings. The Morgan fingerprint density at radius 1 is 1.42 bits per heavy atom. The Morgan fingerprint density at radius 2 is 2.23 bits per heavy atom. The predicted octanol–water partition coefficient (Wildman–Crippen LogP) is 3.71. The lowest BCUT2D eigenvalue weighted by Gasteiger charge is -2.17. The number of anilines is 1. The van der Waals surface area contributed by atoms with Gasteiger partial charge in [0.1, 0.15) is 17.3 Å². The molecule has 0 saturated heterocycles. The summed E-state index contributed by atoms with van der Waals surface area (Å²) in [6.07, 6.45) is 12.6. The number of aliphatic imine (C=N–C) groups is 1. The highest BCUT2D eigenvalue weighted by Gasteiger charge is 2.15. The average Bonchev–Trinajstić information content (AvgIpc) is 3.25. The zero-order valence-corrected chi connectivity index (χ0v) is 18.4. The van der Waals surface area contributed by atoms with Gasteiger partial charge in [0.15, 0.2) is 12.4 Å². The number of benzene rings is 1. The molecule has 0 spiro atoms. The number of hydrogen-bond donors (Lipinski definition) is 3. The minimum Gasteiger partial charge on any atom is -0.482 e. The first-order valence-electron chi connectivity index (χ1n) is 10.3. The smallest absolute Gasteiger partial charge is 0.262 e. The molecule has 1 aromatic heterocycles. The first-order chi connectivity index (χ1) is 15.1. The molecular weight excluding hydrogens is 392 g/mol. The van der Waals surface area contributed by atoms with Crippen LogP contribution in [0.2, 0.25) is 0 Å². The van der Waals surface area contributed by atoms with Gasteiger partial charge < -0.3 is 25.7 Å². The van der Waals surface area contributed by atoms with Crippen LogP contribution in [-0.2, 0) is 4.79 Å². The Bertz CT molecular complexity index is 1000. The summed E-state index contributed by atoms with van der Waals surface area (Å²) >= 11 is 0. The molecule has 4 N–H and O–H groups in total. The molecule has 3 rings (SSSR count). The topological polar surface area (TPSA) is 107 Å². The number of carbonyl (C=O) groups excluding carboxylic acids is 1. The molecule has 0 saturated carbocycles. The lowest BCUT2D eigenvalue weighted by molar-refractivity contribution is -0.118. The van der Waals surface area contributed by atoms with E-state index < -0.39 is 0 Å². The number of ether oxygens (including phenoxy) is 1. The Hall–Kier alpha value is -3.81. The summed E-state index contributed by atoms with van der Waals surface area (Å²) in [5, 5.41) is 5.86. The number of carbonyl (C=O) groups is 1. The number of imidazole rings is 1. The number of amidine groups is 1. The van der Waals surface area contributed by atoms with Crippen LogP contribution in [0, 0.1) is 0 Å². The second kappa shape index (κ2) is 12.0. The van der Waals surface area contributed by atoms with E-state index in [1.807, 2.05) is 75.0 Å². The number of hydrogen-bond acceptors (Lipinski definition) is 5. The van der Waals surface area contributed by atoms with E-state index in [1.54, 1.807) is 18.5 Å². The van der Waals surface area contributed by atoms with Crippen LogP contribution in [0.3, 0.4) is 0 Å². The molecule has 8 heteroatoms. The number of rotatable bonds is 7. The molecule has 1 aromatic carbocycles. The van der Waals surface area contributed by atoms with Crippen molar-refractivity contribution in [3.8, 4) is 5.75 Å². The van der Waals surface area contributed by atoms with E-state index >= 15 is 0 Å². The molecule has 0 radical (unpaired) electrons. The largest absolute Gasteiger partial charge is 0.482 e. The molecule has 2 heterocycles. The average molecular weight is 423 g/mol. The maximum Gasteiger partial charge on any atom is 0.262 e. The fraction of sp³-hybridized carbons (Fsp3) is 0.261. The normalized spacial score (nSPS) is 14.0. The summed E-state index contributed by atoms with van der Waals surface area (Å²) in [7, 11) is 0. The molecular formula is C23H30N6O2. The molecule has 164 valence electrons. The summed E-state index contributed by atoms with van der Waals surface area (Å²) < 4.78 is 7.24. The predicted molar refractivity (Wildman–Crippen MR) is 127 cm³/mol. The molecule has 0 aliphatic carbocycles. The summed E-state index contributed by atoms with van der Waals surface area (Å²) in [5.41, 5.74) is 8.20. The highest BCUT2D eigenvalue weighted by atomic mass is 16.5. The van der Waals surface area contributed by atoms with E-state index in [1.165, 1.54) is 0 Å². The molecule has 0 unspecified atom stereocenters. The number of allylic oxidation sites excluding steroid dienone is 1. The van der Waals surface area contributed by atoms with Gasteiger partial charge in [0.05, 0.1) is 5.69 Å². The Morgan fingerprint density at radius 3 is 2.97 bits per heavy atom. The zero-order chi connectivity index (χ0) is 22.6. The van der Waals surface area contributed by atoms with Gasteiger partial charge in [-0.05, 0) is 43.7 Å². The molecule has 8 nitrogen and oxygen atoms in total. The van der Waals surface area contributed by atoms with Crippen molar-refractivity contribution < 1.29 is 9.53 Å². The van der Waals surface area contributed by atoms with Crippen molar-refractivity contribution in [2.45, 2.75) is 27.7 Å². The third-order valence-electron chi connectivity index (χ3n) is 4.06. The van der Waals surface area contributed by atoms with Crippen LogP contribution in [0.1, 0.15) is 39.1 Å². The van der Waals surface area contributed by atoms with Crippen molar-refractivity contribution in [2.24, 2.45) is 10.7 Å². The number of aromatic nitrogens is 2. The van der Waals surface area contributed by atoms with Gasteiger partial charge in [-0.1, -0.05) is 26.0 Å². The molecule has 0 bridgehead atoms. The van der Waals surface area contributed by atoms with Crippen LogP contribution >= 0.6 is 0 Å². The lowest BCUT2D eigenvalue weighted by Crippen LogP contribution is -2.25. The van der Waals surface area contributed by atoms with Gasteiger partial charge in [-0.15, -0.1) is 0 Å². The Balaban J connectivity index is 0.00000166. The van der Waals surface area contributed by atoms with Crippen molar-refractivity contribution in [1.29, 1.82) is 0 Å². The van der Waals surface area contributed by atoms with E-state index in [0.29, 0.717) is 28.8 Å². The number of nitrogens with zero attached hydrogens (tertiary/aromatic N) is 3. The third-order valence-corrected chi connectivity index (χ3v) is 4.06. The van der Waals surface area contributed by atoms with Crippen LogP contribution in [0.25, 0.3) is 18.0 Å². The Kier molecular flexibility index (Phi) is 9.10. The van der Waals surface area contributed by atoms with Gasteiger partial charge in [-0.3, -0.25) is 4.79 Å². The SMILES string of the molecule is C/C=C(/N=C(N)\C=C/NCC)c1nccn1/C=C/c1ccc2c(c1)NC(=O)CO2.CC. The first kappa shape index (κ1) is 23.5. The fourth-order valence-electron chi connectivity index (χ4n) is 2.68. The fourth-order valence-corrected chi connectivity index (χ4v) is 2.68. The van der Waals surface area contributed by atoms with Crippen LogP contribution in [0.5, 0.6) is 5.75 Å². The number of nitrogens with two attached hydrogens (primary N) is 1. The summed E-state index contributed by atoms with van der Waals surface area (Å²) in [6.45, 7) is 8.74. The molecule has 0 atom stereocenters. The molecule has 2 aromatic rings. The maximum absolute atomic E-state index is 11.5. The minimum atomic E-state index is -0.160. The van der Waals surface area contributed by atoms with E-state index in [2.05, 4.69) is 20.6 Å². The van der Waals surface area contributed by atoms with Gasteiger partial charge in [0.25, 0.3) is 5.91 Å². The van der Waals surface area contributed by atoms with E-state index in [9.17, 15) is 4.79 Å². The maximum atomic E-state index is 11.5. The minimum absolute atomic E-state index is 0.0417. The summed E-state index contributed by atoms with van der Waals surface area (Å²) in [4.78, 5) is 20.3. The number of nitrogens with one attached hydrogen (secondary N) is 2. The monoisotopic (exact) mass is 422 g/mol. The van der Waals surface area contributed by atoms with Gasteiger partial charge in [0.2, 0.25) is 0 Å². The summed E-state index contributed by atoms with van der Waals surface area (Å²) in [6, 6.07) is 5.61. The van der Waals surface area contributed by atoms with Crippen LogP contribution < -0.4 is 21.1 Å². The molecule has 1 amide bonds. The Labute approximate surface area is 183 Å². The van der Waals surface area contributed by atoms with Crippen LogP contribution in [0.4, 0.5) is 5.69 Å². The van der Waals surface area contributed by atoms with Gasteiger partial charge in [0, 0.05) is 31.3 Å². The number of amides is 1. The van der Waals surface area contributed by atoms with Crippen LogP contribution in [0.15, 0.2) is 53.9 Å². The lowest BCUT2D eigenvalue weighted by atomic mass is 10.1. The number of fused-ring (bicyclic) bond motifs is 1. The van der Waals surface area contributed by atoms with Crippen molar-refractivity contribution in [2.75, 3.05) is 18.5 Å². The van der Waals surface area contributed by atoms with Crippen molar-refractivity contribution >= 4 is 35.4 Å². The van der Waals surface area contributed by atoms with Gasteiger partial charge in [-0.2, -0.15) is 0 Å². The summed E-state index contributed by atoms with van der Waals surface area (Å²) in [5.74, 6) is 1.55. The van der Waals surface area contributed by atoms with E-state index in [4.69, 9.17) is 10.5 Å². The van der Waals surface area contributed by atoms with Gasteiger partial charge in [-0.25, -0.2) is 9.98 Å². The van der Waals surface area contributed by atoms with Crippen molar-refractivity contribution in [1.82, 2.24) is 14.9 Å². The zero-order valence-electron chi connectivity index (χ0n) is 18.4. The standard InChI is InChI=1S/C21H24N6O2.C2H6/c1-3-16(25-19(22)7-9-23-4-2)21-24-10-12-27(21)11-8-15-5-6-18-17(13-15)26-20(28)14-29-18;1-2/h3,5-13,23H,4,14H2,1-2H3,(H2,22,25)(H,26,28);1-2H3/b9-7-,11-8+,16-3+;. The second-order valence-electron chi connectivity index (χ2n) is 6.17. The molecule has 31 heavy (non-hydrogen) atoms. The first-order valence-corrected chi connectivity index (χ1v) is 10.3. The van der Waals surface area contributed by atoms with Crippen LogP contribution in [-0.4, -0.2) is 34.4 Å².